The van der Waals surface area contributed by atoms with E-state index in [2.05, 4.69) is 60.2 Å². The van der Waals surface area contributed by atoms with Gasteiger partial charge in [0, 0.05) is 17.7 Å². The number of fused-ring (bicyclic) bond motifs is 1. The van der Waals surface area contributed by atoms with Gasteiger partial charge in [-0.25, -0.2) is 4.68 Å². The molecule has 118 valence electrons. The van der Waals surface area contributed by atoms with Gasteiger partial charge in [-0.05, 0) is 38.3 Å². The summed E-state index contributed by atoms with van der Waals surface area (Å²) < 4.78 is 7.71. The van der Waals surface area contributed by atoms with Crippen LogP contribution in [0.5, 0.6) is 0 Å². The Hall–Kier alpha value is -2.13. The maximum Gasteiger partial charge on any atom is 0.0762 e. The van der Waals surface area contributed by atoms with Gasteiger partial charge in [-0.1, -0.05) is 42.0 Å². The molecule has 1 atom stereocenters. The van der Waals surface area contributed by atoms with Crippen molar-refractivity contribution in [1.82, 2.24) is 9.78 Å². The fraction of sp³-hybridized carbons (Fsp3) is 0.350. The lowest BCUT2D eigenvalue weighted by Crippen LogP contribution is -2.30. The monoisotopic (exact) mass is 306 g/mol. The molecule has 0 bridgehead atoms. The first-order valence-electron chi connectivity index (χ1n) is 8.44. The number of aryl methyl sites for hydroxylation is 1. The van der Waals surface area contributed by atoms with Crippen LogP contribution in [0.2, 0.25) is 0 Å². The summed E-state index contributed by atoms with van der Waals surface area (Å²) in [5.41, 5.74) is 3.58. The van der Waals surface area contributed by atoms with E-state index in [1.807, 2.05) is 0 Å². The Morgan fingerprint density at radius 3 is 2.83 bits per heavy atom. The number of nitrogens with zero attached hydrogens (tertiary/aromatic N) is 2. The van der Waals surface area contributed by atoms with Gasteiger partial charge in [-0.2, -0.15) is 5.10 Å². The van der Waals surface area contributed by atoms with Crippen LogP contribution < -0.4 is 10.6 Å². The summed E-state index contributed by atoms with van der Waals surface area (Å²) >= 11 is 0. The molecule has 1 aliphatic heterocycles. The molecule has 0 amide bonds. The van der Waals surface area contributed by atoms with Gasteiger partial charge in [0.15, 0.2) is 0 Å². The summed E-state index contributed by atoms with van der Waals surface area (Å²) in [7, 11) is 0. The molecule has 1 fully saturated rings. The number of allylic oxidation sites excluding steroid dienone is 2. The molecule has 0 N–H and O–H groups in total. The lowest BCUT2D eigenvalue weighted by molar-refractivity contribution is 0.193. The number of aromatic nitrogens is 2. The quantitative estimate of drug-likeness (QED) is 0.853. The van der Waals surface area contributed by atoms with Gasteiger partial charge in [0.1, 0.15) is 0 Å². The zero-order valence-electron chi connectivity index (χ0n) is 13.5. The van der Waals surface area contributed by atoms with Crippen LogP contribution in [0.4, 0.5) is 0 Å². The predicted molar refractivity (Wildman–Crippen MR) is 93.0 cm³/mol. The third-order valence-electron chi connectivity index (χ3n) is 4.65. The van der Waals surface area contributed by atoms with E-state index in [1.165, 1.54) is 21.8 Å². The first-order chi connectivity index (χ1) is 11.3. The number of rotatable bonds is 2. The summed E-state index contributed by atoms with van der Waals surface area (Å²) in [6.45, 7) is 3.74. The summed E-state index contributed by atoms with van der Waals surface area (Å²) in [5, 5.41) is 7.48. The van der Waals surface area contributed by atoms with Crippen molar-refractivity contribution >= 4 is 12.2 Å². The highest BCUT2D eigenvalue weighted by Crippen LogP contribution is 2.21. The molecule has 0 saturated carbocycles. The lowest BCUT2D eigenvalue weighted by atomic mass is 10.0. The molecule has 2 heterocycles. The minimum atomic E-state index is 0.410. The van der Waals surface area contributed by atoms with Crippen molar-refractivity contribution in [1.29, 1.82) is 0 Å². The Balaban J connectivity index is 1.94. The van der Waals surface area contributed by atoms with Crippen LogP contribution in [0.15, 0.2) is 36.4 Å². The number of benzene rings is 1. The van der Waals surface area contributed by atoms with Gasteiger partial charge < -0.3 is 4.74 Å². The van der Waals surface area contributed by atoms with Crippen molar-refractivity contribution in [2.75, 3.05) is 13.2 Å². The average molecular weight is 306 g/mol. The smallest absolute Gasteiger partial charge is 0.0762 e. The molecule has 1 unspecified atom stereocenters. The summed E-state index contributed by atoms with van der Waals surface area (Å²) in [4.78, 5) is 0. The zero-order valence-corrected chi connectivity index (χ0v) is 13.5. The highest BCUT2D eigenvalue weighted by atomic mass is 16.5. The number of hydrogen-bond donors (Lipinski definition) is 0. The van der Waals surface area contributed by atoms with E-state index < -0.39 is 0 Å². The van der Waals surface area contributed by atoms with Crippen molar-refractivity contribution < 1.29 is 4.74 Å². The minimum Gasteiger partial charge on any atom is -0.381 e. The number of hydrogen-bond acceptors (Lipinski definition) is 2. The van der Waals surface area contributed by atoms with E-state index in [-0.39, 0.29) is 0 Å². The third kappa shape index (κ3) is 2.77. The normalized spacial score (nSPS) is 20.3. The van der Waals surface area contributed by atoms with E-state index in [0.717, 1.165) is 38.2 Å². The Morgan fingerprint density at radius 1 is 1.17 bits per heavy atom. The fourth-order valence-corrected chi connectivity index (χ4v) is 3.34. The van der Waals surface area contributed by atoms with Crippen LogP contribution >= 0.6 is 0 Å². The Bertz CT molecular complexity index is 837. The second-order valence-corrected chi connectivity index (χ2v) is 6.37. The molecular formula is C20H22N2O. The molecule has 2 aliphatic rings. The van der Waals surface area contributed by atoms with Gasteiger partial charge in [-0.15, -0.1) is 0 Å². The molecule has 1 aliphatic carbocycles. The first kappa shape index (κ1) is 14.5. The van der Waals surface area contributed by atoms with Gasteiger partial charge in [0.25, 0.3) is 0 Å². The largest absolute Gasteiger partial charge is 0.381 e. The van der Waals surface area contributed by atoms with E-state index in [9.17, 15) is 0 Å². The van der Waals surface area contributed by atoms with Crippen molar-refractivity contribution in [3.8, 4) is 5.69 Å². The molecule has 3 heteroatoms. The molecule has 0 radical (unpaired) electrons. The van der Waals surface area contributed by atoms with E-state index >= 15 is 0 Å². The highest BCUT2D eigenvalue weighted by Gasteiger charge is 2.23. The maximum atomic E-state index is 5.60. The Morgan fingerprint density at radius 2 is 2.04 bits per heavy atom. The van der Waals surface area contributed by atoms with Crippen LogP contribution in [0.25, 0.3) is 17.8 Å². The second-order valence-electron chi connectivity index (χ2n) is 6.37. The van der Waals surface area contributed by atoms with E-state index in [0.29, 0.717) is 5.92 Å². The van der Waals surface area contributed by atoms with Crippen LogP contribution in [0.3, 0.4) is 0 Å². The highest BCUT2D eigenvalue weighted by molar-refractivity contribution is 5.45. The molecule has 1 saturated heterocycles. The second kappa shape index (κ2) is 6.17. The summed E-state index contributed by atoms with van der Waals surface area (Å²) in [6.07, 6.45) is 12.1. The minimum absolute atomic E-state index is 0.410. The van der Waals surface area contributed by atoms with Crippen molar-refractivity contribution in [3.05, 3.63) is 58.2 Å². The SMILES string of the molecule is Cc1ccc(-n2nc(C3CCOC3)c3c2=CCCC=CC=3)cc1. The van der Waals surface area contributed by atoms with Crippen LogP contribution in [-0.2, 0) is 4.74 Å². The maximum absolute atomic E-state index is 5.60. The third-order valence-corrected chi connectivity index (χ3v) is 4.65. The molecular weight excluding hydrogens is 284 g/mol. The standard InChI is InChI=1S/C20H22N2O/c1-15-8-10-17(11-9-15)22-19-7-5-3-2-4-6-18(19)20(21-22)16-12-13-23-14-16/h2,4,6-11,16H,3,5,12-14H2,1H3. The summed E-state index contributed by atoms with van der Waals surface area (Å²) in [5.74, 6) is 0.410. The Kier molecular flexibility index (Phi) is 3.88. The molecule has 4 rings (SSSR count). The fourth-order valence-electron chi connectivity index (χ4n) is 3.34. The van der Waals surface area contributed by atoms with Crippen molar-refractivity contribution in [2.24, 2.45) is 0 Å². The van der Waals surface area contributed by atoms with Crippen molar-refractivity contribution in [2.45, 2.75) is 32.1 Å². The number of ether oxygens (including phenoxy) is 1. The Labute approximate surface area is 136 Å². The molecule has 1 aromatic heterocycles. The average Bonchev–Trinajstić information content (AvgIpc) is 3.16. The van der Waals surface area contributed by atoms with Crippen molar-refractivity contribution in [3.63, 3.8) is 0 Å². The van der Waals surface area contributed by atoms with E-state index in [1.54, 1.807) is 0 Å². The van der Waals surface area contributed by atoms with Crippen LogP contribution in [-0.4, -0.2) is 23.0 Å². The zero-order chi connectivity index (χ0) is 15.6. The van der Waals surface area contributed by atoms with Crippen LogP contribution in [0.1, 0.15) is 36.4 Å². The van der Waals surface area contributed by atoms with Gasteiger partial charge in [0.2, 0.25) is 0 Å². The van der Waals surface area contributed by atoms with Crippen LogP contribution in [0, 0.1) is 6.92 Å². The first-order valence-corrected chi connectivity index (χ1v) is 8.44. The van der Waals surface area contributed by atoms with Gasteiger partial charge in [-0.3, -0.25) is 0 Å². The topological polar surface area (TPSA) is 27.1 Å². The van der Waals surface area contributed by atoms with Gasteiger partial charge >= 0.3 is 0 Å². The molecule has 0 spiro atoms. The van der Waals surface area contributed by atoms with Gasteiger partial charge in [0.05, 0.1) is 23.3 Å². The predicted octanol–water partition coefficient (Wildman–Crippen LogP) is 2.60. The molecule has 23 heavy (non-hydrogen) atoms. The molecule has 2 aromatic rings. The summed E-state index contributed by atoms with van der Waals surface area (Å²) in [6, 6.07) is 8.60. The lowest BCUT2D eigenvalue weighted by Gasteiger charge is -2.04. The van der Waals surface area contributed by atoms with E-state index in [4.69, 9.17) is 9.84 Å². The molecule has 3 nitrogen and oxygen atoms in total. The molecule has 1 aromatic carbocycles.